The van der Waals surface area contributed by atoms with Crippen LogP contribution in [0.4, 0.5) is 0 Å². The van der Waals surface area contributed by atoms with Crippen LogP contribution in [0.3, 0.4) is 0 Å². The predicted octanol–water partition coefficient (Wildman–Crippen LogP) is 3.24. The zero-order valence-corrected chi connectivity index (χ0v) is 11.6. The molecule has 0 N–H and O–H groups in total. The highest BCUT2D eigenvalue weighted by molar-refractivity contribution is 6.30. The van der Waals surface area contributed by atoms with Gasteiger partial charge < -0.3 is 0 Å². The molecule has 2 rings (SSSR count). The Morgan fingerprint density at radius 3 is 2.61 bits per heavy atom. The number of alkyl halides is 1. The number of hydrogen-bond acceptors (Lipinski definition) is 2. The van der Waals surface area contributed by atoms with Gasteiger partial charge in [0, 0.05) is 16.8 Å². The average Bonchev–Trinajstić information content (AvgIpc) is 2.30. The summed E-state index contributed by atoms with van der Waals surface area (Å²) in [5.41, 5.74) is 2.85. The zero-order valence-electron chi connectivity index (χ0n) is 10.1. The van der Waals surface area contributed by atoms with E-state index in [2.05, 4.69) is 5.10 Å². The first-order chi connectivity index (χ1) is 8.52. The van der Waals surface area contributed by atoms with E-state index in [4.69, 9.17) is 23.2 Å². The summed E-state index contributed by atoms with van der Waals surface area (Å²) in [5.74, 6) is 0.103. The Bertz CT molecular complexity index is 650. The molecule has 3 nitrogen and oxygen atoms in total. The fraction of sp³-hybridized carbons (Fsp3) is 0.231. The summed E-state index contributed by atoms with van der Waals surface area (Å²) in [4.78, 5) is 11.6. The summed E-state index contributed by atoms with van der Waals surface area (Å²) in [7, 11) is 0. The molecule has 0 fully saturated rings. The van der Waals surface area contributed by atoms with Crippen LogP contribution in [0.25, 0.3) is 5.69 Å². The van der Waals surface area contributed by atoms with Crippen molar-refractivity contribution in [3.63, 3.8) is 0 Å². The molecule has 94 valence electrons. The summed E-state index contributed by atoms with van der Waals surface area (Å²) in [6, 6.07) is 7.07. The van der Waals surface area contributed by atoms with Crippen molar-refractivity contribution in [1.82, 2.24) is 9.78 Å². The molecule has 0 atom stereocenters. The molecule has 0 bridgehead atoms. The molecule has 0 saturated heterocycles. The minimum Gasteiger partial charge on any atom is -0.288 e. The third-order valence-corrected chi connectivity index (χ3v) is 3.18. The van der Waals surface area contributed by atoms with Crippen molar-refractivity contribution >= 4 is 23.2 Å². The van der Waals surface area contributed by atoms with Crippen LogP contribution in [0.1, 0.15) is 17.0 Å². The van der Waals surface area contributed by atoms with Gasteiger partial charge in [0.25, 0.3) is 0 Å². The standard InChI is InChI=1S/C13H12Cl2N2O/c1-8-5-10(15)3-4-12(8)17-9(2)6-13(18)11(7-14)16-17/h3-6H,7H2,1-2H3. The first-order valence-electron chi connectivity index (χ1n) is 5.45. The molecule has 5 heteroatoms. The molecule has 0 aliphatic heterocycles. The fourth-order valence-electron chi connectivity index (χ4n) is 1.78. The largest absolute Gasteiger partial charge is 0.288 e. The Kier molecular flexibility index (Phi) is 3.73. The van der Waals surface area contributed by atoms with Crippen molar-refractivity contribution in [1.29, 1.82) is 0 Å². The van der Waals surface area contributed by atoms with Gasteiger partial charge in [0.2, 0.25) is 5.43 Å². The van der Waals surface area contributed by atoms with Gasteiger partial charge in [-0.1, -0.05) is 11.6 Å². The summed E-state index contributed by atoms with van der Waals surface area (Å²) in [6.07, 6.45) is 0. The molecule has 0 amide bonds. The molecule has 0 saturated carbocycles. The average molecular weight is 283 g/mol. The fourth-order valence-corrected chi connectivity index (χ4v) is 2.19. The number of hydrogen-bond donors (Lipinski definition) is 0. The van der Waals surface area contributed by atoms with Crippen molar-refractivity contribution in [2.24, 2.45) is 0 Å². The van der Waals surface area contributed by atoms with Gasteiger partial charge in [0.15, 0.2) is 0 Å². The third-order valence-electron chi connectivity index (χ3n) is 2.69. The van der Waals surface area contributed by atoms with Gasteiger partial charge in [-0.05, 0) is 37.6 Å². The first kappa shape index (κ1) is 13.1. The number of nitrogens with zero attached hydrogens (tertiary/aromatic N) is 2. The first-order valence-corrected chi connectivity index (χ1v) is 6.36. The molecule has 1 heterocycles. The Morgan fingerprint density at radius 1 is 1.28 bits per heavy atom. The van der Waals surface area contributed by atoms with Gasteiger partial charge in [0.1, 0.15) is 5.69 Å². The van der Waals surface area contributed by atoms with Crippen LogP contribution in [0.2, 0.25) is 5.02 Å². The maximum atomic E-state index is 11.6. The van der Waals surface area contributed by atoms with E-state index in [1.54, 1.807) is 16.8 Å². The lowest BCUT2D eigenvalue weighted by Gasteiger charge is -2.13. The maximum absolute atomic E-state index is 11.6. The second kappa shape index (κ2) is 5.12. The third kappa shape index (κ3) is 2.42. The molecular weight excluding hydrogens is 271 g/mol. The van der Waals surface area contributed by atoms with Crippen LogP contribution in [0.5, 0.6) is 0 Å². The normalized spacial score (nSPS) is 10.7. The SMILES string of the molecule is Cc1cc(Cl)ccc1-n1nc(CCl)c(=O)cc1C. The molecule has 0 radical (unpaired) electrons. The van der Waals surface area contributed by atoms with Gasteiger partial charge in [0.05, 0.1) is 11.6 Å². The van der Waals surface area contributed by atoms with Crippen molar-refractivity contribution in [2.45, 2.75) is 19.7 Å². The van der Waals surface area contributed by atoms with Crippen LogP contribution in [-0.4, -0.2) is 9.78 Å². The van der Waals surface area contributed by atoms with Crippen LogP contribution in [-0.2, 0) is 5.88 Å². The number of aromatic nitrogens is 2. The van der Waals surface area contributed by atoms with Gasteiger partial charge in [-0.25, -0.2) is 4.68 Å². The van der Waals surface area contributed by atoms with Crippen LogP contribution in [0.15, 0.2) is 29.1 Å². The monoisotopic (exact) mass is 282 g/mol. The maximum Gasteiger partial charge on any atom is 0.204 e. The van der Waals surface area contributed by atoms with Crippen LogP contribution >= 0.6 is 23.2 Å². The quantitative estimate of drug-likeness (QED) is 0.793. The molecular formula is C13H12Cl2N2O. The Balaban J connectivity index is 2.67. The summed E-state index contributed by atoms with van der Waals surface area (Å²) >= 11 is 11.6. The second-order valence-corrected chi connectivity index (χ2v) is 4.78. The zero-order chi connectivity index (χ0) is 13.3. The van der Waals surface area contributed by atoms with Crippen LogP contribution < -0.4 is 5.43 Å². The van der Waals surface area contributed by atoms with Crippen LogP contribution in [0, 0.1) is 13.8 Å². The van der Waals surface area contributed by atoms with E-state index >= 15 is 0 Å². The Morgan fingerprint density at radius 2 is 2.00 bits per heavy atom. The lowest BCUT2D eigenvalue weighted by Crippen LogP contribution is -2.18. The highest BCUT2D eigenvalue weighted by atomic mass is 35.5. The van der Waals surface area contributed by atoms with E-state index in [1.165, 1.54) is 0 Å². The molecule has 2 aromatic rings. The lowest BCUT2D eigenvalue weighted by molar-refractivity contribution is 0.768. The van der Waals surface area contributed by atoms with E-state index in [0.717, 1.165) is 16.9 Å². The van der Waals surface area contributed by atoms with E-state index in [9.17, 15) is 4.79 Å². The Hall–Kier alpha value is -1.32. The van der Waals surface area contributed by atoms with Crippen molar-refractivity contribution in [3.8, 4) is 5.69 Å². The summed E-state index contributed by atoms with van der Waals surface area (Å²) in [5, 5.41) is 4.95. The van der Waals surface area contributed by atoms with Crippen molar-refractivity contribution in [3.05, 3.63) is 56.5 Å². The number of rotatable bonds is 2. The molecule has 0 spiro atoms. The minimum absolute atomic E-state index is 0.103. The summed E-state index contributed by atoms with van der Waals surface area (Å²) < 4.78 is 1.71. The molecule has 0 aliphatic rings. The smallest absolute Gasteiger partial charge is 0.204 e. The van der Waals surface area contributed by atoms with Gasteiger partial charge in [-0.2, -0.15) is 5.10 Å². The van der Waals surface area contributed by atoms with Crippen molar-refractivity contribution < 1.29 is 0 Å². The van der Waals surface area contributed by atoms with Gasteiger partial charge >= 0.3 is 0 Å². The highest BCUT2D eigenvalue weighted by Crippen LogP contribution is 2.19. The van der Waals surface area contributed by atoms with Gasteiger partial charge in [-0.15, -0.1) is 11.6 Å². The molecule has 0 unspecified atom stereocenters. The number of aryl methyl sites for hydroxylation is 2. The predicted molar refractivity (Wildman–Crippen MR) is 73.9 cm³/mol. The molecule has 1 aromatic carbocycles. The Labute approximate surface area is 115 Å². The number of halogens is 2. The highest BCUT2D eigenvalue weighted by Gasteiger charge is 2.08. The van der Waals surface area contributed by atoms with E-state index < -0.39 is 0 Å². The second-order valence-electron chi connectivity index (χ2n) is 4.07. The molecule has 1 aromatic heterocycles. The topological polar surface area (TPSA) is 34.9 Å². The summed E-state index contributed by atoms with van der Waals surface area (Å²) in [6.45, 7) is 3.78. The number of benzene rings is 1. The van der Waals surface area contributed by atoms with Gasteiger partial charge in [-0.3, -0.25) is 4.79 Å². The van der Waals surface area contributed by atoms with E-state index in [0.29, 0.717) is 10.7 Å². The molecule has 0 aliphatic carbocycles. The minimum atomic E-state index is -0.134. The van der Waals surface area contributed by atoms with E-state index in [1.807, 2.05) is 26.0 Å². The lowest BCUT2D eigenvalue weighted by atomic mass is 10.2. The van der Waals surface area contributed by atoms with E-state index in [-0.39, 0.29) is 11.3 Å². The van der Waals surface area contributed by atoms with Crippen molar-refractivity contribution in [2.75, 3.05) is 0 Å². The molecule has 18 heavy (non-hydrogen) atoms.